The first-order chi connectivity index (χ1) is 12.5. The Morgan fingerprint density at radius 1 is 1.15 bits per heavy atom. The van der Waals surface area contributed by atoms with Gasteiger partial charge in [0.05, 0.1) is 17.2 Å². The number of amides is 1. The highest BCUT2D eigenvalue weighted by atomic mass is 32.2. The van der Waals surface area contributed by atoms with Gasteiger partial charge in [-0.2, -0.15) is 0 Å². The molecule has 0 atom stereocenters. The van der Waals surface area contributed by atoms with Crippen molar-refractivity contribution in [1.29, 1.82) is 0 Å². The number of ether oxygens (including phenoxy) is 1. The van der Waals surface area contributed by atoms with Crippen molar-refractivity contribution >= 4 is 46.0 Å². The minimum Gasteiger partial charge on any atom is -0.493 e. The van der Waals surface area contributed by atoms with E-state index in [-0.39, 0.29) is 5.91 Å². The molecule has 2 aromatic rings. The van der Waals surface area contributed by atoms with Crippen LogP contribution in [0.25, 0.3) is 6.08 Å². The maximum absolute atomic E-state index is 13.0. The van der Waals surface area contributed by atoms with Crippen LogP contribution in [0.4, 0.5) is 5.69 Å². The number of para-hydroxylation sites is 2. The lowest BCUT2D eigenvalue weighted by Crippen LogP contribution is -2.28. The third-order valence-electron chi connectivity index (χ3n) is 3.93. The van der Waals surface area contributed by atoms with Crippen LogP contribution in [-0.4, -0.2) is 16.8 Å². The van der Waals surface area contributed by atoms with Crippen molar-refractivity contribution in [3.63, 3.8) is 0 Å². The number of carbonyl (C=O) groups excluding carboxylic acids is 1. The van der Waals surface area contributed by atoms with Gasteiger partial charge in [-0.3, -0.25) is 9.69 Å². The standard InChI is InChI=1S/C21H21NO2S2/c1-14(2)13-24-18-11-7-5-9-16(18)12-19-20(23)22(21(25)26-19)17-10-6-4-8-15(17)3/h4-12,14H,13H2,1-3H3/b19-12+. The third-order valence-corrected chi connectivity index (χ3v) is 5.23. The van der Waals surface area contributed by atoms with Crippen LogP contribution in [0.1, 0.15) is 25.0 Å². The van der Waals surface area contributed by atoms with Crippen LogP contribution < -0.4 is 9.64 Å². The molecule has 5 heteroatoms. The Balaban J connectivity index is 1.91. The van der Waals surface area contributed by atoms with E-state index in [1.165, 1.54) is 11.8 Å². The van der Waals surface area contributed by atoms with Crippen molar-refractivity contribution in [2.75, 3.05) is 11.5 Å². The SMILES string of the molecule is Cc1ccccc1N1C(=O)/C(=C\c2ccccc2OCC(C)C)SC1=S. The largest absolute Gasteiger partial charge is 0.493 e. The topological polar surface area (TPSA) is 29.5 Å². The first kappa shape index (κ1) is 18.7. The molecule has 0 saturated carbocycles. The first-order valence-electron chi connectivity index (χ1n) is 8.53. The van der Waals surface area contributed by atoms with E-state index < -0.39 is 0 Å². The second kappa shape index (κ2) is 8.06. The predicted octanol–water partition coefficient (Wildman–Crippen LogP) is 5.44. The fraction of sp³-hybridized carbons (Fsp3) is 0.238. The molecule has 0 radical (unpaired) electrons. The van der Waals surface area contributed by atoms with Crippen LogP contribution in [0.3, 0.4) is 0 Å². The molecule has 0 bridgehead atoms. The molecule has 1 amide bonds. The van der Waals surface area contributed by atoms with Crippen LogP contribution in [0.15, 0.2) is 53.4 Å². The highest BCUT2D eigenvalue weighted by molar-refractivity contribution is 8.27. The molecule has 2 aromatic carbocycles. The molecule has 26 heavy (non-hydrogen) atoms. The zero-order chi connectivity index (χ0) is 18.7. The minimum atomic E-state index is -0.0898. The smallest absolute Gasteiger partial charge is 0.270 e. The van der Waals surface area contributed by atoms with Crippen molar-refractivity contribution in [2.24, 2.45) is 5.92 Å². The van der Waals surface area contributed by atoms with Gasteiger partial charge in [-0.15, -0.1) is 0 Å². The molecule has 3 rings (SSSR count). The van der Waals surface area contributed by atoms with Gasteiger partial charge in [-0.1, -0.05) is 74.2 Å². The van der Waals surface area contributed by atoms with Crippen molar-refractivity contribution in [1.82, 2.24) is 0 Å². The monoisotopic (exact) mass is 383 g/mol. The van der Waals surface area contributed by atoms with Crippen LogP contribution in [-0.2, 0) is 4.79 Å². The molecule has 0 N–H and O–H groups in total. The Morgan fingerprint density at radius 2 is 1.85 bits per heavy atom. The number of anilines is 1. The number of nitrogens with zero attached hydrogens (tertiary/aromatic N) is 1. The van der Waals surface area contributed by atoms with Gasteiger partial charge < -0.3 is 4.74 Å². The average Bonchev–Trinajstić information content (AvgIpc) is 2.88. The van der Waals surface area contributed by atoms with Crippen molar-refractivity contribution < 1.29 is 9.53 Å². The Bertz CT molecular complexity index is 874. The molecule has 3 nitrogen and oxygen atoms in total. The lowest BCUT2D eigenvalue weighted by Gasteiger charge is -2.16. The second-order valence-electron chi connectivity index (χ2n) is 6.55. The summed E-state index contributed by atoms with van der Waals surface area (Å²) >= 11 is 6.79. The summed E-state index contributed by atoms with van der Waals surface area (Å²) < 4.78 is 6.44. The van der Waals surface area contributed by atoms with E-state index in [2.05, 4.69) is 13.8 Å². The number of thiocarbonyl (C=S) groups is 1. The highest BCUT2D eigenvalue weighted by Crippen LogP contribution is 2.38. The van der Waals surface area contributed by atoms with Crippen molar-refractivity contribution in [3.8, 4) is 5.75 Å². The maximum Gasteiger partial charge on any atom is 0.270 e. The number of hydrogen-bond donors (Lipinski definition) is 0. The predicted molar refractivity (Wildman–Crippen MR) is 114 cm³/mol. The van der Waals surface area contributed by atoms with Gasteiger partial charge in [-0.05, 0) is 36.6 Å². The molecule has 1 heterocycles. The Hall–Kier alpha value is -2.11. The molecule has 1 fully saturated rings. The highest BCUT2D eigenvalue weighted by Gasteiger charge is 2.34. The summed E-state index contributed by atoms with van der Waals surface area (Å²) in [4.78, 5) is 15.2. The van der Waals surface area contributed by atoms with Gasteiger partial charge in [0, 0.05) is 5.56 Å². The minimum absolute atomic E-state index is 0.0898. The Morgan fingerprint density at radius 3 is 2.58 bits per heavy atom. The molecule has 134 valence electrons. The fourth-order valence-electron chi connectivity index (χ4n) is 2.62. The molecule has 0 aromatic heterocycles. The van der Waals surface area contributed by atoms with Gasteiger partial charge in [0.1, 0.15) is 5.75 Å². The molecule has 1 aliphatic rings. The van der Waals surface area contributed by atoms with Crippen LogP contribution in [0, 0.1) is 12.8 Å². The van der Waals surface area contributed by atoms with Crippen molar-refractivity contribution in [3.05, 3.63) is 64.6 Å². The van der Waals surface area contributed by atoms with Gasteiger partial charge in [0.15, 0.2) is 4.32 Å². The van der Waals surface area contributed by atoms with Crippen LogP contribution >= 0.6 is 24.0 Å². The number of aryl methyl sites for hydroxylation is 1. The van der Waals surface area contributed by atoms with E-state index in [0.717, 1.165) is 22.6 Å². The van der Waals surface area contributed by atoms with E-state index in [1.807, 2.05) is 61.5 Å². The van der Waals surface area contributed by atoms with Gasteiger partial charge in [0.2, 0.25) is 0 Å². The molecule has 0 aliphatic carbocycles. The molecular weight excluding hydrogens is 362 g/mol. The summed E-state index contributed by atoms with van der Waals surface area (Å²) in [5.74, 6) is 1.12. The van der Waals surface area contributed by atoms with Crippen LogP contribution in [0.5, 0.6) is 5.75 Å². The van der Waals surface area contributed by atoms with Crippen molar-refractivity contribution in [2.45, 2.75) is 20.8 Å². The normalized spacial score (nSPS) is 16.0. The average molecular weight is 384 g/mol. The number of carbonyl (C=O) groups is 1. The van der Waals surface area contributed by atoms with Crippen LogP contribution in [0.2, 0.25) is 0 Å². The summed E-state index contributed by atoms with van der Waals surface area (Å²) in [5.41, 5.74) is 2.74. The zero-order valence-electron chi connectivity index (χ0n) is 15.1. The summed E-state index contributed by atoms with van der Waals surface area (Å²) in [5, 5.41) is 0. The third kappa shape index (κ3) is 4.00. The van der Waals surface area contributed by atoms with E-state index in [0.29, 0.717) is 21.8 Å². The molecule has 0 unspecified atom stereocenters. The van der Waals surface area contributed by atoms with E-state index in [9.17, 15) is 4.79 Å². The Labute approximate surface area is 164 Å². The maximum atomic E-state index is 13.0. The number of rotatable bonds is 5. The first-order valence-corrected chi connectivity index (χ1v) is 9.75. The van der Waals surface area contributed by atoms with E-state index in [1.54, 1.807) is 4.90 Å². The van der Waals surface area contributed by atoms with Gasteiger partial charge in [-0.25, -0.2) is 0 Å². The summed E-state index contributed by atoms with van der Waals surface area (Å²) in [6.45, 7) is 6.83. The zero-order valence-corrected chi connectivity index (χ0v) is 16.7. The molecular formula is C21H21NO2S2. The Kier molecular flexibility index (Phi) is 5.79. The molecule has 0 spiro atoms. The van der Waals surface area contributed by atoms with Gasteiger partial charge >= 0.3 is 0 Å². The number of hydrogen-bond acceptors (Lipinski definition) is 4. The summed E-state index contributed by atoms with van der Waals surface area (Å²) in [6, 6.07) is 15.5. The molecule has 1 saturated heterocycles. The summed E-state index contributed by atoms with van der Waals surface area (Å²) in [6.07, 6.45) is 1.87. The number of benzene rings is 2. The van der Waals surface area contributed by atoms with E-state index in [4.69, 9.17) is 17.0 Å². The lowest BCUT2D eigenvalue weighted by atomic mass is 10.1. The fourth-order valence-corrected chi connectivity index (χ4v) is 3.89. The van der Waals surface area contributed by atoms with Gasteiger partial charge in [0.25, 0.3) is 5.91 Å². The number of thioether (sulfide) groups is 1. The van der Waals surface area contributed by atoms with E-state index >= 15 is 0 Å². The lowest BCUT2D eigenvalue weighted by molar-refractivity contribution is -0.113. The quantitative estimate of drug-likeness (QED) is 0.508. The molecule has 1 aliphatic heterocycles. The second-order valence-corrected chi connectivity index (χ2v) is 8.22. The summed E-state index contributed by atoms with van der Waals surface area (Å²) in [7, 11) is 0.